The summed E-state index contributed by atoms with van der Waals surface area (Å²) in [5, 5.41) is 24.4. The number of hydrogen-bond acceptors (Lipinski definition) is 3. The first kappa shape index (κ1) is 15.2. The summed E-state index contributed by atoms with van der Waals surface area (Å²) >= 11 is 0. The highest BCUT2D eigenvalue weighted by atomic mass is 19.1. The fraction of sp³-hybridized carbons (Fsp3) is 0.222. The summed E-state index contributed by atoms with van der Waals surface area (Å²) < 4.78 is 12.9. The van der Waals surface area contributed by atoms with Crippen LogP contribution in [0.2, 0.25) is 0 Å². The first-order valence-corrected chi connectivity index (χ1v) is 7.51. The molecule has 0 aliphatic carbocycles. The molecule has 0 amide bonds. The van der Waals surface area contributed by atoms with Gasteiger partial charge in [0.15, 0.2) is 0 Å². The smallest absolute Gasteiger partial charge is 0.124 e. The Bertz CT molecular complexity index is 755. The molecule has 3 rings (SSSR count). The summed E-state index contributed by atoms with van der Waals surface area (Å²) in [6.45, 7) is 2.63. The van der Waals surface area contributed by atoms with E-state index in [4.69, 9.17) is 5.41 Å². The molecule has 0 saturated carbocycles. The molecule has 1 atom stereocenters. The number of phenols is 1. The number of nitrogens with one attached hydrogen (secondary N) is 1. The Hall–Kier alpha value is -2.69. The van der Waals surface area contributed by atoms with Gasteiger partial charge in [0.05, 0.1) is 12.3 Å². The van der Waals surface area contributed by atoms with Crippen molar-refractivity contribution in [1.29, 1.82) is 5.41 Å². The molecule has 0 radical (unpaired) electrons. The lowest BCUT2D eigenvalue weighted by molar-refractivity contribution is 0.446. The quantitative estimate of drug-likeness (QED) is 0.674. The number of amidine groups is 1. The Kier molecular flexibility index (Phi) is 4.10. The second-order valence-electron chi connectivity index (χ2n) is 5.74. The Morgan fingerprint density at radius 3 is 2.65 bits per heavy atom. The molecule has 1 aliphatic heterocycles. The van der Waals surface area contributed by atoms with E-state index in [0.717, 1.165) is 11.3 Å². The van der Waals surface area contributed by atoms with Crippen LogP contribution < -0.4 is 0 Å². The highest BCUT2D eigenvalue weighted by molar-refractivity contribution is 6.06. The summed E-state index contributed by atoms with van der Waals surface area (Å²) in [4.78, 5) is 0. The van der Waals surface area contributed by atoms with E-state index in [0.29, 0.717) is 24.4 Å². The number of benzene rings is 2. The summed E-state index contributed by atoms with van der Waals surface area (Å²) in [5.74, 6) is 0.394. The first-order chi connectivity index (χ1) is 11.0. The summed E-state index contributed by atoms with van der Waals surface area (Å²) in [6, 6.07) is 13.2. The molecule has 0 aromatic heterocycles. The molecule has 2 aromatic carbocycles. The monoisotopic (exact) mass is 311 g/mol. The molecule has 1 aliphatic rings. The topological polar surface area (TPSA) is 59.7 Å². The van der Waals surface area contributed by atoms with Crippen molar-refractivity contribution in [2.45, 2.75) is 13.3 Å². The third kappa shape index (κ3) is 3.23. The third-order valence-electron chi connectivity index (χ3n) is 3.92. The number of halogens is 1. The van der Waals surface area contributed by atoms with Crippen molar-refractivity contribution in [2.75, 3.05) is 6.54 Å². The maximum atomic E-state index is 12.9. The zero-order valence-corrected chi connectivity index (χ0v) is 12.8. The molecule has 1 heterocycles. The number of hydrazone groups is 1. The zero-order chi connectivity index (χ0) is 16.4. The first-order valence-electron chi connectivity index (χ1n) is 7.51. The number of rotatable bonds is 3. The molecular formula is C18H18FN3O. The second kappa shape index (κ2) is 6.20. The SMILES string of the molecule is CC1CN(C(=N)Cc2ccc(F)cc2)N=C1c1ccccc1O. The van der Waals surface area contributed by atoms with Crippen LogP contribution in [0.5, 0.6) is 5.75 Å². The highest BCUT2D eigenvalue weighted by Gasteiger charge is 2.27. The largest absolute Gasteiger partial charge is 0.507 e. The molecule has 23 heavy (non-hydrogen) atoms. The van der Waals surface area contributed by atoms with Crippen LogP contribution >= 0.6 is 0 Å². The Morgan fingerprint density at radius 2 is 1.96 bits per heavy atom. The number of nitrogens with zero attached hydrogens (tertiary/aromatic N) is 2. The molecule has 0 bridgehead atoms. The minimum Gasteiger partial charge on any atom is -0.507 e. The van der Waals surface area contributed by atoms with Crippen molar-refractivity contribution in [3.8, 4) is 5.75 Å². The molecule has 118 valence electrons. The van der Waals surface area contributed by atoms with Crippen LogP contribution in [0, 0.1) is 17.1 Å². The van der Waals surface area contributed by atoms with Gasteiger partial charge in [0.1, 0.15) is 17.4 Å². The Balaban J connectivity index is 1.78. The van der Waals surface area contributed by atoms with Crippen molar-refractivity contribution >= 4 is 11.5 Å². The third-order valence-corrected chi connectivity index (χ3v) is 3.92. The Morgan fingerprint density at radius 1 is 1.26 bits per heavy atom. The minimum atomic E-state index is -0.282. The lowest BCUT2D eigenvalue weighted by Crippen LogP contribution is -2.26. The van der Waals surface area contributed by atoms with Gasteiger partial charge in [0.25, 0.3) is 0 Å². The van der Waals surface area contributed by atoms with E-state index in [1.807, 2.05) is 19.1 Å². The molecule has 5 heteroatoms. The van der Waals surface area contributed by atoms with Gasteiger partial charge < -0.3 is 5.11 Å². The van der Waals surface area contributed by atoms with Crippen LogP contribution in [0.1, 0.15) is 18.1 Å². The maximum Gasteiger partial charge on any atom is 0.124 e. The van der Waals surface area contributed by atoms with Crippen molar-refractivity contribution in [3.05, 3.63) is 65.5 Å². The highest BCUT2D eigenvalue weighted by Crippen LogP contribution is 2.25. The molecular weight excluding hydrogens is 293 g/mol. The standard InChI is InChI=1S/C18H18FN3O/c1-12-11-22(17(20)10-13-6-8-14(19)9-7-13)21-18(12)15-4-2-3-5-16(15)23/h2-9,12,20,23H,10-11H2,1H3. The van der Waals surface area contributed by atoms with Crippen LogP contribution in [0.3, 0.4) is 0 Å². The van der Waals surface area contributed by atoms with Gasteiger partial charge in [-0.05, 0) is 29.8 Å². The van der Waals surface area contributed by atoms with Gasteiger partial charge in [-0.2, -0.15) is 5.10 Å². The zero-order valence-electron chi connectivity index (χ0n) is 12.8. The van der Waals surface area contributed by atoms with Gasteiger partial charge in [-0.25, -0.2) is 4.39 Å². The van der Waals surface area contributed by atoms with Gasteiger partial charge in [-0.1, -0.05) is 31.2 Å². The predicted octanol–water partition coefficient (Wildman–Crippen LogP) is 3.41. The van der Waals surface area contributed by atoms with E-state index < -0.39 is 0 Å². The summed E-state index contributed by atoms with van der Waals surface area (Å²) in [5.41, 5.74) is 2.36. The van der Waals surface area contributed by atoms with E-state index in [-0.39, 0.29) is 17.5 Å². The van der Waals surface area contributed by atoms with Gasteiger partial charge in [-0.3, -0.25) is 10.4 Å². The van der Waals surface area contributed by atoms with Crippen LogP contribution in [-0.4, -0.2) is 28.2 Å². The van der Waals surface area contributed by atoms with Crippen LogP contribution in [-0.2, 0) is 6.42 Å². The minimum absolute atomic E-state index is 0.122. The van der Waals surface area contributed by atoms with Crippen molar-refractivity contribution in [1.82, 2.24) is 5.01 Å². The lowest BCUT2D eigenvalue weighted by Gasteiger charge is -2.15. The number of phenolic OH excluding ortho intramolecular Hbond substituents is 1. The fourth-order valence-electron chi connectivity index (χ4n) is 2.68. The molecule has 1 unspecified atom stereocenters. The fourth-order valence-corrected chi connectivity index (χ4v) is 2.68. The van der Waals surface area contributed by atoms with E-state index >= 15 is 0 Å². The normalized spacial score (nSPS) is 17.2. The molecule has 4 nitrogen and oxygen atoms in total. The van der Waals surface area contributed by atoms with E-state index in [2.05, 4.69) is 5.10 Å². The van der Waals surface area contributed by atoms with Crippen molar-refractivity contribution in [2.24, 2.45) is 11.0 Å². The van der Waals surface area contributed by atoms with Crippen LogP contribution in [0.15, 0.2) is 53.6 Å². The van der Waals surface area contributed by atoms with Gasteiger partial charge in [0, 0.05) is 17.9 Å². The number of aromatic hydroxyl groups is 1. The predicted molar refractivity (Wildman–Crippen MR) is 88.3 cm³/mol. The number of hydrogen-bond donors (Lipinski definition) is 2. The second-order valence-corrected chi connectivity index (χ2v) is 5.74. The van der Waals surface area contributed by atoms with E-state index in [9.17, 15) is 9.50 Å². The summed E-state index contributed by atoms with van der Waals surface area (Å²) in [7, 11) is 0. The van der Waals surface area contributed by atoms with E-state index in [1.54, 1.807) is 29.3 Å². The maximum absolute atomic E-state index is 12.9. The van der Waals surface area contributed by atoms with Crippen molar-refractivity contribution in [3.63, 3.8) is 0 Å². The van der Waals surface area contributed by atoms with Crippen LogP contribution in [0.4, 0.5) is 4.39 Å². The Labute approximate surface area is 134 Å². The average Bonchev–Trinajstić information content (AvgIpc) is 2.92. The molecule has 0 spiro atoms. The molecule has 0 fully saturated rings. The molecule has 2 aromatic rings. The van der Waals surface area contributed by atoms with Crippen LogP contribution in [0.25, 0.3) is 0 Å². The number of para-hydroxylation sites is 1. The lowest BCUT2D eigenvalue weighted by atomic mass is 9.98. The van der Waals surface area contributed by atoms with E-state index in [1.165, 1.54) is 12.1 Å². The van der Waals surface area contributed by atoms with Gasteiger partial charge >= 0.3 is 0 Å². The molecule has 2 N–H and O–H groups in total. The average molecular weight is 311 g/mol. The van der Waals surface area contributed by atoms with Gasteiger partial charge in [-0.15, -0.1) is 0 Å². The van der Waals surface area contributed by atoms with Gasteiger partial charge in [0.2, 0.25) is 0 Å². The molecule has 0 saturated heterocycles. The van der Waals surface area contributed by atoms with Crippen molar-refractivity contribution < 1.29 is 9.50 Å². The summed E-state index contributed by atoms with van der Waals surface area (Å²) in [6.07, 6.45) is 0.393.